The van der Waals surface area contributed by atoms with Crippen LogP contribution in [0, 0.1) is 0 Å². The molecule has 0 spiro atoms. The Morgan fingerprint density at radius 1 is 1.20 bits per heavy atom. The number of benzene rings is 1. The summed E-state index contributed by atoms with van der Waals surface area (Å²) in [5.74, 6) is 0. The van der Waals surface area contributed by atoms with Gasteiger partial charge in [0.05, 0.1) is 23.4 Å². The maximum atomic E-state index is 4.49. The normalized spacial score (nSPS) is 12.5. The van der Waals surface area contributed by atoms with Crippen LogP contribution in [0.3, 0.4) is 0 Å². The lowest BCUT2D eigenvalue weighted by atomic mass is 10.2. The van der Waals surface area contributed by atoms with E-state index in [0.717, 1.165) is 17.6 Å². The molecule has 0 bridgehead atoms. The second-order valence-electron chi connectivity index (χ2n) is 4.94. The van der Waals surface area contributed by atoms with Gasteiger partial charge in [-0.25, -0.2) is 0 Å². The number of fused-ring (bicyclic) bond motifs is 1. The largest absolute Gasteiger partial charge is 0.376 e. The summed E-state index contributed by atoms with van der Waals surface area (Å²) < 4.78 is 0. The van der Waals surface area contributed by atoms with Gasteiger partial charge in [0.25, 0.3) is 0 Å². The molecule has 1 N–H and O–H groups in total. The fourth-order valence-corrected chi connectivity index (χ4v) is 3.24. The topological polar surface area (TPSA) is 24.9 Å². The van der Waals surface area contributed by atoms with E-state index >= 15 is 0 Å². The van der Waals surface area contributed by atoms with Crippen LogP contribution in [0.5, 0.6) is 0 Å². The van der Waals surface area contributed by atoms with Crippen molar-refractivity contribution in [1.82, 2.24) is 4.98 Å². The Balaban J connectivity index is 1.81. The van der Waals surface area contributed by atoms with Crippen molar-refractivity contribution >= 4 is 27.9 Å². The van der Waals surface area contributed by atoms with Crippen LogP contribution in [0.1, 0.15) is 29.6 Å². The molecule has 1 unspecified atom stereocenters. The van der Waals surface area contributed by atoms with Crippen LogP contribution in [0.2, 0.25) is 0 Å². The van der Waals surface area contributed by atoms with Gasteiger partial charge in [-0.15, -0.1) is 11.3 Å². The van der Waals surface area contributed by atoms with E-state index in [1.807, 2.05) is 35.7 Å². The molecule has 0 fully saturated rings. The van der Waals surface area contributed by atoms with Crippen LogP contribution in [0.4, 0.5) is 5.69 Å². The van der Waals surface area contributed by atoms with Crippen molar-refractivity contribution in [1.29, 1.82) is 0 Å². The number of para-hydroxylation sites is 1. The second-order valence-corrected chi connectivity index (χ2v) is 6.14. The molecule has 1 atom stereocenters. The third kappa shape index (κ3) is 2.68. The molecule has 3 heteroatoms. The van der Waals surface area contributed by atoms with Gasteiger partial charge in [0.2, 0.25) is 0 Å². The third-order valence-corrected chi connectivity index (χ3v) is 4.84. The van der Waals surface area contributed by atoms with Gasteiger partial charge < -0.3 is 5.32 Å². The van der Waals surface area contributed by atoms with Gasteiger partial charge in [0.15, 0.2) is 0 Å². The predicted octanol–water partition coefficient (Wildman–Crippen LogP) is 5.03. The Labute approximate surface area is 123 Å². The Bertz CT molecular complexity index is 718. The molecule has 0 saturated heterocycles. The number of hydrogen-bond acceptors (Lipinski definition) is 3. The molecule has 102 valence electrons. The first-order chi connectivity index (χ1) is 9.76. The molecule has 0 aliphatic heterocycles. The van der Waals surface area contributed by atoms with Gasteiger partial charge in [-0.05, 0) is 37.6 Å². The molecule has 2 aromatic heterocycles. The van der Waals surface area contributed by atoms with Crippen molar-refractivity contribution in [3.8, 4) is 0 Å². The van der Waals surface area contributed by atoms with Crippen molar-refractivity contribution in [3.63, 3.8) is 0 Å². The number of nitrogens with one attached hydrogen (secondary N) is 1. The van der Waals surface area contributed by atoms with Gasteiger partial charge in [-0.1, -0.05) is 25.1 Å². The summed E-state index contributed by atoms with van der Waals surface area (Å²) in [5.41, 5.74) is 2.11. The summed E-state index contributed by atoms with van der Waals surface area (Å²) in [4.78, 5) is 7.30. The quantitative estimate of drug-likeness (QED) is 0.725. The number of pyridine rings is 1. The Kier molecular flexibility index (Phi) is 3.70. The molecule has 0 saturated carbocycles. The van der Waals surface area contributed by atoms with Crippen LogP contribution >= 0.6 is 11.3 Å². The zero-order valence-electron chi connectivity index (χ0n) is 11.8. The highest BCUT2D eigenvalue weighted by molar-refractivity contribution is 7.12. The van der Waals surface area contributed by atoms with E-state index in [1.165, 1.54) is 15.1 Å². The first kappa shape index (κ1) is 13.1. The van der Waals surface area contributed by atoms with E-state index < -0.39 is 0 Å². The summed E-state index contributed by atoms with van der Waals surface area (Å²) in [6.07, 6.45) is 3.02. The van der Waals surface area contributed by atoms with Crippen LogP contribution in [-0.2, 0) is 6.42 Å². The highest BCUT2D eigenvalue weighted by Crippen LogP contribution is 2.27. The van der Waals surface area contributed by atoms with Crippen LogP contribution in [0.15, 0.2) is 48.7 Å². The van der Waals surface area contributed by atoms with Crippen molar-refractivity contribution in [2.45, 2.75) is 26.3 Å². The minimum atomic E-state index is 0.309. The first-order valence-electron chi connectivity index (χ1n) is 6.96. The lowest BCUT2D eigenvalue weighted by Gasteiger charge is -2.13. The number of thiophene rings is 1. The number of aromatic nitrogens is 1. The lowest BCUT2D eigenvalue weighted by Crippen LogP contribution is -2.04. The van der Waals surface area contributed by atoms with E-state index in [4.69, 9.17) is 0 Å². The molecule has 0 aliphatic rings. The number of hydrogen-bond donors (Lipinski definition) is 1. The number of rotatable bonds is 4. The van der Waals surface area contributed by atoms with Crippen LogP contribution in [0.25, 0.3) is 10.9 Å². The summed E-state index contributed by atoms with van der Waals surface area (Å²) >= 11 is 1.88. The van der Waals surface area contributed by atoms with E-state index in [9.17, 15) is 0 Å². The van der Waals surface area contributed by atoms with Crippen molar-refractivity contribution < 1.29 is 0 Å². The molecule has 1 aromatic carbocycles. The molecular formula is C17H18N2S. The van der Waals surface area contributed by atoms with Gasteiger partial charge in [0.1, 0.15) is 0 Å². The number of nitrogens with zero attached hydrogens (tertiary/aromatic N) is 1. The molecule has 2 nitrogen and oxygen atoms in total. The van der Waals surface area contributed by atoms with E-state index in [1.54, 1.807) is 0 Å². The molecule has 20 heavy (non-hydrogen) atoms. The van der Waals surface area contributed by atoms with E-state index in [2.05, 4.69) is 48.4 Å². The molecule has 0 amide bonds. The lowest BCUT2D eigenvalue weighted by molar-refractivity contribution is 0.907. The van der Waals surface area contributed by atoms with E-state index in [-0.39, 0.29) is 0 Å². The highest BCUT2D eigenvalue weighted by Gasteiger charge is 2.08. The third-order valence-electron chi connectivity index (χ3n) is 3.43. The van der Waals surface area contributed by atoms with E-state index in [0.29, 0.717) is 6.04 Å². The maximum absolute atomic E-state index is 4.49. The van der Waals surface area contributed by atoms with Crippen LogP contribution in [-0.4, -0.2) is 4.98 Å². The monoisotopic (exact) mass is 282 g/mol. The molecule has 3 aromatic rings. The summed E-state index contributed by atoms with van der Waals surface area (Å²) in [7, 11) is 0. The van der Waals surface area contributed by atoms with Crippen molar-refractivity contribution in [2.24, 2.45) is 0 Å². The summed E-state index contributed by atoms with van der Waals surface area (Å²) in [6.45, 7) is 4.39. The average Bonchev–Trinajstić information content (AvgIpc) is 2.96. The molecule has 2 heterocycles. The van der Waals surface area contributed by atoms with Crippen molar-refractivity contribution in [3.05, 3.63) is 58.4 Å². The molecular weight excluding hydrogens is 264 g/mol. The molecule has 0 radical (unpaired) electrons. The Morgan fingerprint density at radius 3 is 2.85 bits per heavy atom. The number of anilines is 1. The minimum absolute atomic E-state index is 0.309. The Hall–Kier alpha value is -1.87. The SMILES string of the molecule is CCc1ccc(C(C)Nc2cnc3ccccc3c2)s1. The molecule has 3 rings (SSSR count). The fraction of sp³-hybridized carbons (Fsp3) is 0.235. The first-order valence-corrected chi connectivity index (χ1v) is 7.78. The number of aryl methyl sites for hydroxylation is 1. The summed E-state index contributed by atoms with van der Waals surface area (Å²) in [5, 5.41) is 4.71. The standard InChI is InChI=1S/C17H18N2S/c1-3-15-8-9-17(20-15)12(2)19-14-10-13-6-4-5-7-16(13)18-11-14/h4-12,19H,3H2,1-2H3. The minimum Gasteiger partial charge on any atom is -0.376 e. The predicted molar refractivity (Wildman–Crippen MR) is 87.5 cm³/mol. The van der Waals surface area contributed by atoms with Crippen LogP contribution < -0.4 is 5.32 Å². The Morgan fingerprint density at radius 2 is 2.05 bits per heavy atom. The zero-order valence-corrected chi connectivity index (χ0v) is 12.6. The van der Waals surface area contributed by atoms with Gasteiger partial charge in [0, 0.05) is 15.1 Å². The zero-order chi connectivity index (χ0) is 13.9. The average molecular weight is 282 g/mol. The van der Waals surface area contributed by atoms with Gasteiger partial charge >= 0.3 is 0 Å². The maximum Gasteiger partial charge on any atom is 0.0703 e. The fourth-order valence-electron chi connectivity index (χ4n) is 2.29. The van der Waals surface area contributed by atoms with Gasteiger partial charge in [-0.2, -0.15) is 0 Å². The van der Waals surface area contributed by atoms with Gasteiger partial charge in [-0.3, -0.25) is 4.98 Å². The van der Waals surface area contributed by atoms with Crippen molar-refractivity contribution in [2.75, 3.05) is 5.32 Å². The second kappa shape index (κ2) is 5.63. The summed E-state index contributed by atoms with van der Waals surface area (Å²) in [6, 6.07) is 15.1. The molecule has 0 aliphatic carbocycles. The highest BCUT2D eigenvalue weighted by atomic mass is 32.1. The smallest absolute Gasteiger partial charge is 0.0703 e.